The summed E-state index contributed by atoms with van der Waals surface area (Å²) in [6.07, 6.45) is -1.35. The second-order valence-electron chi connectivity index (χ2n) is 3.81. The summed E-state index contributed by atoms with van der Waals surface area (Å²) in [5.41, 5.74) is -0.0185. The molecule has 6 nitrogen and oxygen atoms in total. The van der Waals surface area contributed by atoms with E-state index in [4.69, 9.17) is 11.6 Å². The molecule has 114 valence electrons. The SMILES string of the molecule is CCOC(=O)NC(=O)COC(=O)Cc1c(F)cccc1Cl. The molecule has 1 rings (SSSR count). The van der Waals surface area contributed by atoms with Gasteiger partial charge in [-0.15, -0.1) is 0 Å². The average Bonchev–Trinajstić information content (AvgIpc) is 2.41. The Bertz CT molecular complexity index is 529. The van der Waals surface area contributed by atoms with Crippen molar-refractivity contribution in [2.45, 2.75) is 13.3 Å². The molecule has 1 N–H and O–H groups in total. The summed E-state index contributed by atoms with van der Waals surface area (Å²) in [5, 5.41) is 1.93. The number of imide groups is 1. The van der Waals surface area contributed by atoms with Crippen LogP contribution in [0.1, 0.15) is 12.5 Å². The quantitative estimate of drug-likeness (QED) is 0.838. The highest BCUT2D eigenvalue weighted by molar-refractivity contribution is 6.31. The van der Waals surface area contributed by atoms with E-state index in [0.717, 1.165) is 6.07 Å². The number of hydrogen-bond donors (Lipinski definition) is 1. The van der Waals surface area contributed by atoms with Crippen LogP contribution in [0, 0.1) is 5.82 Å². The zero-order valence-corrected chi connectivity index (χ0v) is 11.9. The Balaban J connectivity index is 2.44. The number of amides is 2. The molecule has 2 amide bonds. The van der Waals surface area contributed by atoms with E-state index in [1.807, 2.05) is 5.32 Å². The number of ether oxygens (including phenoxy) is 2. The molecular formula is C13H13ClFNO5. The van der Waals surface area contributed by atoms with Crippen LogP contribution in [-0.2, 0) is 25.5 Å². The number of esters is 1. The normalized spacial score (nSPS) is 9.86. The van der Waals surface area contributed by atoms with Crippen LogP contribution in [-0.4, -0.2) is 31.2 Å². The molecule has 0 spiro atoms. The smallest absolute Gasteiger partial charge is 0.413 e. The molecule has 1 aromatic carbocycles. The Morgan fingerprint density at radius 3 is 2.62 bits per heavy atom. The topological polar surface area (TPSA) is 81.7 Å². The minimum Gasteiger partial charge on any atom is -0.455 e. The summed E-state index contributed by atoms with van der Waals surface area (Å²) in [6.45, 7) is 0.997. The van der Waals surface area contributed by atoms with Crippen molar-refractivity contribution >= 4 is 29.6 Å². The van der Waals surface area contributed by atoms with Gasteiger partial charge in [-0.25, -0.2) is 9.18 Å². The van der Waals surface area contributed by atoms with Crippen molar-refractivity contribution in [1.82, 2.24) is 5.32 Å². The van der Waals surface area contributed by atoms with Gasteiger partial charge in [0.1, 0.15) is 5.82 Å². The number of nitrogens with one attached hydrogen (secondary N) is 1. The summed E-state index contributed by atoms with van der Waals surface area (Å²) in [7, 11) is 0. The Morgan fingerprint density at radius 1 is 1.29 bits per heavy atom. The van der Waals surface area contributed by atoms with E-state index < -0.39 is 36.8 Å². The van der Waals surface area contributed by atoms with Gasteiger partial charge in [0, 0.05) is 10.6 Å². The number of hydrogen-bond acceptors (Lipinski definition) is 5. The van der Waals surface area contributed by atoms with Crippen LogP contribution in [0.5, 0.6) is 0 Å². The first-order valence-corrected chi connectivity index (χ1v) is 6.37. The predicted octanol–water partition coefficient (Wildman–Crippen LogP) is 1.84. The Labute approximate surface area is 125 Å². The Kier molecular flexibility index (Phi) is 6.61. The molecule has 0 radical (unpaired) electrons. The van der Waals surface area contributed by atoms with Gasteiger partial charge in [0.15, 0.2) is 6.61 Å². The van der Waals surface area contributed by atoms with Gasteiger partial charge in [-0.1, -0.05) is 17.7 Å². The number of alkyl carbamates (subject to hydrolysis) is 1. The van der Waals surface area contributed by atoms with Crippen LogP contribution in [0.15, 0.2) is 18.2 Å². The molecule has 21 heavy (non-hydrogen) atoms. The molecule has 0 aliphatic rings. The summed E-state index contributed by atoms with van der Waals surface area (Å²) in [4.78, 5) is 33.6. The zero-order valence-electron chi connectivity index (χ0n) is 11.2. The number of benzene rings is 1. The van der Waals surface area contributed by atoms with Crippen molar-refractivity contribution in [3.8, 4) is 0 Å². The van der Waals surface area contributed by atoms with Gasteiger partial charge < -0.3 is 9.47 Å². The maximum absolute atomic E-state index is 13.4. The summed E-state index contributed by atoms with van der Waals surface area (Å²) < 4.78 is 22.5. The van der Waals surface area contributed by atoms with Crippen molar-refractivity contribution in [3.63, 3.8) is 0 Å². The fourth-order valence-corrected chi connectivity index (χ4v) is 1.59. The van der Waals surface area contributed by atoms with Gasteiger partial charge in [-0.05, 0) is 19.1 Å². The molecule has 0 bridgehead atoms. The number of halogens is 2. The maximum Gasteiger partial charge on any atom is 0.413 e. The third-order valence-corrected chi connectivity index (χ3v) is 2.62. The molecule has 0 aliphatic carbocycles. The van der Waals surface area contributed by atoms with Crippen molar-refractivity contribution < 1.29 is 28.2 Å². The second-order valence-corrected chi connectivity index (χ2v) is 4.21. The lowest BCUT2D eigenvalue weighted by atomic mass is 10.1. The van der Waals surface area contributed by atoms with E-state index in [9.17, 15) is 18.8 Å². The van der Waals surface area contributed by atoms with Crippen LogP contribution in [0.25, 0.3) is 0 Å². The van der Waals surface area contributed by atoms with Crippen molar-refractivity contribution in [2.24, 2.45) is 0 Å². The van der Waals surface area contributed by atoms with Gasteiger partial charge >= 0.3 is 12.1 Å². The molecule has 0 aliphatic heterocycles. The lowest BCUT2D eigenvalue weighted by molar-refractivity contribution is -0.147. The highest BCUT2D eigenvalue weighted by atomic mass is 35.5. The van der Waals surface area contributed by atoms with Crippen LogP contribution in [0.4, 0.5) is 9.18 Å². The van der Waals surface area contributed by atoms with Crippen LogP contribution in [0.2, 0.25) is 5.02 Å². The standard InChI is InChI=1S/C13H13ClFNO5/c1-2-20-13(19)16-11(17)7-21-12(18)6-8-9(14)4-3-5-10(8)15/h3-5H,2,6-7H2,1H3,(H,16,17,19). The highest BCUT2D eigenvalue weighted by Gasteiger charge is 2.15. The summed E-state index contributed by atoms with van der Waals surface area (Å²) in [6, 6.07) is 3.99. The van der Waals surface area contributed by atoms with Gasteiger partial charge in [0.05, 0.1) is 13.0 Å². The fourth-order valence-electron chi connectivity index (χ4n) is 1.36. The highest BCUT2D eigenvalue weighted by Crippen LogP contribution is 2.19. The monoisotopic (exact) mass is 317 g/mol. The van der Waals surface area contributed by atoms with E-state index in [1.54, 1.807) is 6.92 Å². The molecule has 0 aromatic heterocycles. The Hall–Kier alpha value is -2.15. The minimum absolute atomic E-state index is 0.0185. The molecule has 0 saturated heterocycles. The first-order valence-electron chi connectivity index (χ1n) is 5.99. The lowest BCUT2D eigenvalue weighted by Gasteiger charge is -2.07. The molecule has 1 aromatic rings. The summed E-state index contributed by atoms with van der Waals surface area (Å²) in [5.74, 6) is -2.34. The van der Waals surface area contributed by atoms with E-state index in [2.05, 4.69) is 9.47 Å². The van der Waals surface area contributed by atoms with Gasteiger partial charge in [0.2, 0.25) is 0 Å². The third kappa shape index (κ3) is 5.78. The lowest BCUT2D eigenvalue weighted by Crippen LogP contribution is -2.34. The molecule has 0 atom stereocenters. The maximum atomic E-state index is 13.4. The third-order valence-electron chi connectivity index (χ3n) is 2.26. The molecule has 0 heterocycles. The van der Waals surface area contributed by atoms with E-state index in [-0.39, 0.29) is 17.2 Å². The molecule has 0 unspecified atom stereocenters. The van der Waals surface area contributed by atoms with E-state index in [0.29, 0.717) is 0 Å². The van der Waals surface area contributed by atoms with Crippen molar-refractivity contribution in [3.05, 3.63) is 34.6 Å². The van der Waals surface area contributed by atoms with Crippen LogP contribution >= 0.6 is 11.6 Å². The largest absolute Gasteiger partial charge is 0.455 e. The van der Waals surface area contributed by atoms with Gasteiger partial charge in [-0.2, -0.15) is 0 Å². The molecular weight excluding hydrogens is 305 g/mol. The molecule has 0 saturated carbocycles. The molecule has 0 fully saturated rings. The van der Waals surface area contributed by atoms with Crippen LogP contribution in [0.3, 0.4) is 0 Å². The Morgan fingerprint density at radius 2 is 2.00 bits per heavy atom. The average molecular weight is 318 g/mol. The van der Waals surface area contributed by atoms with Crippen molar-refractivity contribution in [1.29, 1.82) is 0 Å². The predicted molar refractivity (Wildman–Crippen MR) is 71.2 cm³/mol. The zero-order chi connectivity index (χ0) is 15.8. The fraction of sp³-hybridized carbons (Fsp3) is 0.308. The van der Waals surface area contributed by atoms with Crippen LogP contribution < -0.4 is 5.32 Å². The van der Waals surface area contributed by atoms with Crippen molar-refractivity contribution in [2.75, 3.05) is 13.2 Å². The first kappa shape index (κ1) is 16.9. The first-order chi connectivity index (χ1) is 9.93. The number of rotatable bonds is 5. The van der Waals surface area contributed by atoms with E-state index in [1.165, 1.54) is 12.1 Å². The van der Waals surface area contributed by atoms with E-state index >= 15 is 0 Å². The number of carbonyl (C=O) groups is 3. The minimum atomic E-state index is -0.935. The second kappa shape index (κ2) is 8.21. The van der Waals surface area contributed by atoms with Gasteiger partial charge in [-0.3, -0.25) is 14.9 Å². The summed E-state index contributed by atoms with van der Waals surface area (Å²) >= 11 is 5.75. The number of carbonyl (C=O) groups excluding carboxylic acids is 3. The molecule has 8 heteroatoms. The van der Waals surface area contributed by atoms with Gasteiger partial charge in [0.25, 0.3) is 5.91 Å².